The molecule has 1 aromatic heterocycles. The van der Waals surface area contributed by atoms with Gasteiger partial charge in [-0.3, -0.25) is 0 Å². The quantitative estimate of drug-likeness (QED) is 0.579. The third-order valence-corrected chi connectivity index (χ3v) is 3.85. The summed E-state index contributed by atoms with van der Waals surface area (Å²) in [4.78, 5) is 30.0. The molecule has 0 amide bonds. The van der Waals surface area contributed by atoms with Crippen molar-refractivity contribution in [1.82, 2.24) is 4.98 Å². The molecule has 0 aliphatic carbocycles. The second-order valence-electron chi connectivity index (χ2n) is 5.32. The highest BCUT2D eigenvalue weighted by atomic mass is 16.4. The topological polar surface area (TPSA) is 79.6 Å². The summed E-state index contributed by atoms with van der Waals surface area (Å²) >= 11 is 0. The number of nitrogens with zero attached hydrogens (tertiary/aromatic N) is 2. The van der Waals surface area contributed by atoms with Crippen LogP contribution in [0.1, 0.15) is 22.8 Å². The summed E-state index contributed by atoms with van der Waals surface area (Å²) < 4.78 is 0. The van der Waals surface area contributed by atoms with Gasteiger partial charge in [-0.05, 0) is 42.3 Å². The summed E-state index contributed by atoms with van der Waals surface area (Å²) in [6.07, 6.45) is 2.31. The van der Waals surface area contributed by atoms with Gasteiger partial charge in [-0.2, -0.15) is 4.99 Å². The average Bonchev–Trinajstić information content (AvgIpc) is 2.61. The first-order valence-corrected chi connectivity index (χ1v) is 7.47. The van der Waals surface area contributed by atoms with Crippen LogP contribution in [0.5, 0.6) is 0 Å². The van der Waals surface area contributed by atoms with E-state index in [0.29, 0.717) is 22.3 Å². The molecule has 0 atom stereocenters. The number of carbonyl (C=O) groups excluding carboxylic acids is 1. The van der Waals surface area contributed by atoms with Crippen molar-refractivity contribution in [3.05, 3.63) is 59.7 Å². The summed E-state index contributed by atoms with van der Waals surface area (Å²) in [6, 6.07) is 14.0. The van der Waals surface area contributed by atoms with Crippen molar-refractivity contribution < 1.29 is 14.7 Å². The van der Waals surface area contributed by atoms with Gasteiger partial charge in [0.1, 0.15) is 0 Å². The fourth-order valence-electron chi connectivity index (χ4n) is 2.58. The van der Waals surface area contributed by atoms with Crippen molar-refractivity contribution in [2.75, 3.05) is 0 Å². The van der Waals surface area contributed by atoms with Gasteiger partial charge in [0.05, 0.1) is 22.5 Å². The number of aromatic nitrogens is 1. The highest BCUT2D eigenvalue weighted by molar-refractivity contribution is 6.04. The number of benzene rings is 2. The van der Waals surface area contributed by atoms with Gasteiger partial charge in [-0.25, -0.2) is 14.6 Å². The number of aliphatic imine (C=N–C) groups is 1. The molecule has 0 saturated heterocycles. The number of hydrogen-bond acceptors (Lipinski definition) is 4. The normalized spacial score (nSPS) is 10.4. The summed E-state index contributed by atoms with van der Waals surface area (Å²) in [7, 11) is 0. The molecule has 2 aromatic carbocycles. The van der Waals surface area contributed by atoms with Crippen LogP contribution in [0.25, 0.3) is 22.2 Å². The van der Waals surface area contributed by atoms with Crippen molar-refractivity contribution in [3.63, 3.8) is 0 Å². The molecule has 5 nitrogen and oxygen atoms in total. The molecule has 0 bridgehead atoms. The third kappa shape index (κ3) is 2.93. The molecule has 3 rings (SSSR count). The second kappa shape index (κ2) is 6.44. The Kier molecular flexibility index (Phi) is 4.18. The number of isocyanates is 1. The number of aryl methyl sites for hydroxylation is 1. The van der Waals surface area contributed by atoms with Gasteiger partial charge in [-0.15, -0.1) is 0 Å². The molecule has 0 saturated carbocycles. The van der Waals surface area contributed by atoms with Gasteiger partial charge in [0, 0.05) is 10.9 Å². The Hall–Kier alpha value is -3.30. The van der Waals surface area contributed by atoms with Gasteiger partial charge in [0.2, 0.25) is 6.08 Å². The largest absolute Gasteiger partial charge is 0.478 e. The molecular weight excluding hydrogens is 304 g/mol. The maximum absolute atomic E-state index is 11.7. The molecule has 1 N–H and O–H groups in total. The predicted octanol–water partition coefficient (Wildman–Crippen LogP) is 4.13. The van der Waals surface area contributed by atoms with Crippen LogP contribution < -0.4 is 0 Å². The van der Waals surface area contributed by atoms with E-state index >= 15 is 0 Å². The van der Waals surface area contributed by atoms with Crippen LogP contribution in [0.15, 0.2) is 53.5 Å². The van der Waals surface area contributed by atoms with E-state index in [9.17, 15) is 14.7 Å². The van der Waals surface area contributed by atoms with E-state index in [-0.39, 0.29) is 5.56 Å². The molecule has 24 heavy (non-hydrogen) atoms. The highest BCUT2D eigenvalue weighted by Gasteiger charge is 2.13. The predicted molar refractivity (Wildman–Crippen MR) is 91.3 cm³/mol. The Morgan fingerprint density at radius 3 is 2.54 bits per heavy atom. The van der Waals surface area contributed by atoms with E-state index in [2.05, 4.69) is 9.98 Å². The first-order chi connectivity index (χ1) is 11.6. The van der Waals surface area contributed by atoms with E-state index in [1.54, 1.807) is 30.3 Å². The van der Waals surface area contributed by atoms with Crippen molar-refractivity contribution in [2.24, 2.45) is 4.99 Å². The Morgan fingerprint density at radius 2 is 1.92 bits per heavy atom. The van der Waals surface area contributed by atoms with Crippen molar-refractivity contribution in [2.45, 2.75) is 13.3 Å². The van der Waals surface area contributed by atoms with E-state index < -0.39 is 5.97 Å². The zero-order valence-electron chi connectivity index (χ0n) is 13.0. The minimum atomic E-state index is -0.987. The number of pyridine rings is 1. The molecule has 0 aliphatic heterocycles. The number of aromatic carboxylic acids is 1. The molecule has 0 spiro atoms. The monoisotopic (exact) mass is 318 g/mol. The molecule has 0 radical (unpaired) electrons. The van der Waals surface area contributed by atoms with E-state index in [4.69, 9.17) is 0 Å². The Labute approximate surface area is 138 Å². The number of carboxylic acid groups (broad SMARTS) is 1. The number of fused-ring (bicyclic) bond motifs is 1. The fraction of sp³-hybridized carbons (Fsp3) is 0.105. The van der Waals surface area contributed by atoms with Crippen LogP contribution in [0.2, 0.25) is 0 Å². The molecule has 118 valence electrons. The molecule has 5 heteroatoms. The number of hydrogen-bond donors (Lipinski definition) is 1. The van der Waals surface area contributed by atoms with Gasteiger partial charge in [0.15, 0.2) is 0 Å². The zero-order chi connectivity index (χ0) is 17.1. The minimum absolute atomic E-state index is 0.222. The van der Waals surface area contributed by atoms with E-state index in [1.807, 2.05) is 25.1 Å². The van der Waals surface area contributed by atoms with Gasteiger partial charge in [-0.1, -0.05) is 25.1 Å². The third-order valence-electron chi connectivity index (χ3n) is 3.85. The smallest absolute Gasteiger partial charge is 0.336 e. The zero-order valence-corrected chi connectivity index (χ0v) is 13.0. The van der Waals surface area contributed by atoms with Crippen LogP contribution in [0.3, 0.4) is 0 Å². The lowest BCUT2D eigenvalue weighted by molar-refractivity contribution is 0.0699. The number of carbonyl (C=O) groups is 1. The minimum Gasteiger partial charge on any atom is -0.478 e. The Balaban J connectivity index is 2.18. The van der Waals surface area contributed by atoms with Crippen LogP contribution >= 0.6 is 0 Å². The van der Waals surface area contributed by atoms with Crippen LogP contribution in [0.4, 0.5) is 5.69 Å². The highest BCUT2D eigenvalue weighted by Crippen LogP contribution is 2.27. The fourth-order valence-corrected chi connectivity index (χ4v) is 2.58. The molecule has 1 heterocycles. The maximum atomic E-state index is 11.7. The standard InChI is InChI=1S/C19H14N2O3/c1-2-12-3-8-17-15(9-12)16(19(23)24)10-18(21-17)13-4-6-14(7-5-13)20-11-22/h3-10H,2H2,1H3,(H,23,24). The van der Waals surface area contributed by atoms with Crippen molar-refractivity contribution >= 4 is 28.6 Å². The lowest BCUT2D eigenvalue weighted by atomic mass is 10.0. The first kappa shape index (κ1) is 15.6. The van der Waals surface area contributed by atoms with Crippen LogP contribution in [-0.2, 0) is 11.2 Å². The molecular formula is C19H14N2O3. The molecule has 3 aromatic rings. The average molecular weight is 318 g/mol. The summed E-state index contributed by atoms with van der Waals surface area (Å²) in [5.41, 5.74) is 3.73. The van der Waals surface area contributed by atoms with E-state index in [1.165, 1.54) is 6.08 Å². The van der Waals surface area contributed by atoms with Gasteiger partial charge < -0.3 is 5.11 Å². The summed E-state index contributed by atoms with van der Waals surface area (Å²) in [5.74, 6) is -0.987. The van der Waals surface area contributed by atoms with E-state index in [0.717, 1.165) is 17.5 Å². The van der Waals surface area contributed by atoms with Crippen LogP contribution in [-0.4, -0.2) is 22.1 Å². The lowest BCUT2D eigenvalue weighted by Gasteiger charge is -2.08. The number of carboxylic acids is 1. The van der Waals surface area contributed by atoms with Crippen LogP contribution in [0, 0.1) is 0 Å². The van der Waals surface area contributed by atoms with Gasteiger partial charge >= 0.3 is 5.97 Å². The molecule has 0 fully saturated rings. The summed E-state index contributed by atoms with van der Waals surface area (Å²) in [5, 5.41) is 10.2. The van der Waals surface area contributed by atoms with Crippen molar-refractivity contribution in [1.29, 1.82) is 0 Å². The Morgan fingerprint density at radius 1 is 1.17 bits per heavy atom. The SMILES string of the molecule is CCc1ccc2nc(-c3ccc(N=C=O)cc3)cc(C(=O)O)c2c1. The number of rotatable bonds is 4. The summed E-state index contributed by atoms with van der Waals surface area (Å²) in [6.45, 7) is 2.02. The maximum Gasteiger partial charge on any atom is 0.336 e. The first-order valence-electron chi connectivity index (χ1n) is 7.47. The van der Waals surface area contributed by atoms with Crippen molar-refractivity contribution in [3.8, 4) is 11.3 Å². The molecule has 0 aliphatic rings. The Bertz CT molecular complexity index is 972. The second-order valence-corrected chi connectivity index (χ2v) is 5.32. The van der Waals surface area contributed by atoms with Gasteiger partial charge in [0.25, 0.3) is 0 Å². The molecule has 0 unspecified atom stereocenters. The lowest BCUT2D eigenvalue weighted by Crippen LogP contribution is -2.01.